The van der Waals surface area contributed by atoms with Gasteiger partial charge in [0.25, 0.3) is 0 Å². The van der Waals surface area contributed by atoms with Crippen molar-refractivity contribution in [2.45, 2.75) is 32.6 Å². The van der Waals surface area contributed by atoms with Gasteiger partial charge in [0.1, 0.15) is 5.82 Å². The molecule has 1 heterocycles. The maximum Gasteiger partial charge on any atom is 0.224 e. The van der Waals surface area contributed by atoms with Crippen LogP contribution in [0.1, 0.15) is 32.6 Å². The minimum absolute atomic E-state index is 0.104. The summed E-state index contributed by atoms with van der Waals surface area (Å²) in [7, 11) is 0. The van der Waals surface area contributed by atoms with Crippen LogP contribution in [0.2, 0.25) is 0 Å². The Labute approximate surface area is 102 Å². The molecular weight excluding hydrogens is 214 g/mol. The van der Waals surface area contributed by atoms with E-state index in [9.17, 15) is 4.79 Å². The molecule has 0 bridgehead atoms. The highest BCUT2D eigenvalue weighted by Gasteiger charge is 2.20. The molecule has 0 radical (unpaired) electrons. The van der Waals surface area contributed by atoms with Crippen molar-refractivity contribution in [3.8, 4) is 0 Å². The standard InChI is InChI=1S/C13H19N3O/c1-2-14-12-7-6-11(9-15-12)16-13(17)8-10-4-3-5-10/h6-7,9-10H,2-5,8H2,1H3,(H,14,15)(H,16,17). The normalized spacial score (nSPS) is 15.1. The lowest BCUT2D eigenvalue weighted by Gasteiger charge is -2.24. The van der Waals surface area contributed by atoms with E-state index in [-0.39, 0.29) is 5.91 Å². The Kier molecular flexibility index (Phi) is 3.96. The van der Waals surface area contributed by atoms with Crippen molar-refractivity contribution in [3.63, 3.8) is 0 Å². The molecule has 1 aromatic heterocycles. The molecule has 0 aromatic carbocycles. The molecule has 0 aliphatic heterocycles. The minimum atomic E-state index is 0.104. The second-order valence-corrected chi connectivity index (χ2v) is 4.51. The van der Waals surface area contributed by atoms with E-state index < -0.39 is 0 Å². The zero-order chi connectivity index (χ0) is 12.1. The lowest BCUT2D eigenvalue weighted by atomic mass is 9.83. The summed E-state index contributed by atoms with van der Waals surface area (Å²) in [6.45, 7) is 2.87. The Balaban J connectivity index is 1.82. The van der Waals surface area contributed by atoms with Crippen LogP contribution in [-0.2, 0) is 4.79 Å². The van der Waals surface area contributed by atoms with Gasteiger partial charge in [0.2, 0.25) is 5.91 Å². The molecule has 1 fully saturated rings. The highest BCUT2D eigenvalue weighted by Crippen LogP contribution is 2.29. The first-order valence-electron chi connectivity index (χ1n) is 6.27. The van der Waals surface area contributed by atoms with Gasteiger partial charge in [-0.1, -0.05) is 6.42 Å². The Hall–Kier alpha value is -1.58. The quantitative estimate of drug-likeness (QED) is 0.822. The molecule has 2 rings (SSSR count). The number of hydrogen-bond acceptors (Lipinski definition) is 3. The molecule has 1 aliphatic rings. The molecule has 1 amide bonds. The van der Waals surface area contributed by atoms with Crippen molar-refractivity contribution >= 4 is 17.4 Å². The lowest BCUT2D eigenvalue weighted by Crippen LogP contribution is -2.20. The Morgan fingerprint density at radius 3 is 2.82 bits per heavy atom. The summed E-state index contributed by atoms with van der Waals surface area (Å²) in [6.07, 6.45) is 6.01. The van der Waals surface area contributed by atoms with Crippen LogP contribution in [0.4, 0.5) is 11.5 Å². The zero-order valence-electron chi connectivity index (χ0n) is 10.2. The van der Waals surface area contributed by atoms with E-state index in [4.69, 9.17) is 0 Å². The summed E-state index contributed by atoms with van der Waals surface area (Å²) in [5.41, 5.74) is 0.774. The number of anilines is 2. The van der Waals surface area contributed by atoms with Gasteiger partial charge in [-0.15, -0.1) is 0 Å². The van der Waals surface area contributed by atoms with Gasteiger partial charge >= 0.3 is 0 Å². The Bertz CT molecular complexity index is 371. The van der Waals surface area contributed by atoms with Crippen LogP contribution in [0.25, 0.3) is 0 Å². The van der Waals surface area contributed by atoms with Crippen molar-refractivity contribution < 1.29 is 4.79 Å². The smallest absolute Gasteiger partial charge is 0.224 e. The summed E-state index contributed by atoms with van der Waals surface area (Å²) < 4.78 is 0. The second kappa shape index (κ2) is 5.66. The number of hydrogen-bond donors (Lipinski definition) is 2. The maximum absolute atomic E-state index is 11.7. The fourth-order valence-electron chi connectivity index (χ4n) is 1.92. The van der Waals surface area contributed by atoms with Crippen LogP contribution in [0.3, 0.4) is 0 Å². The third-order valence-electron chi connectivity index (χ3n) is 3.10. The van der Waals surface area contributed by atoms with Gasteiger partial charge < -0.3 is 10.6 Å². The topological polar surface area (TPSA) is 54.0 Å². The van der Waals surface area contributed by atoms with Crippen molar-refractivity contribution in [1.82, 2.24) is 4.98 Å². The number of carbonyl (C=O) groups is 1. The molecule has 0 atom stereocenters. The van der Waals surface area contributed by atoms with E-state index in [0.717, 1.165) is 18.1 Å². The SMILES string of the molecule is CCNc1ccc(NC(=O)CC2CCC2)cn1. The van der Waals surface area contributed by atoms with Crippen LogP contribution in [0, 0.1) is 5.92 Å². The molecule has 1 aromatic rings. The van der Waals surface area contributed by atoms with Crippen LogP contribution in [-0.4, -0.2) is 17.4 Å². The van der Waals surface area contributed by atoms with E-state index in [2.05, 4.69) is 15.6 Å². The summed E-state index contributed by atoms with van der Waals surface area (Å²) >= 11 is 0. The van der Waals surface area contributed by atoms with Crippen LogP contribution < -0.4 is 10.6 Å². The molecule has 17 heavy (non-hydrogen) atoms. The molecule has 1 saturated carbocycles. The summed E-state index contributed by atoms with van der Waals surface area (Å²) in [5.74, 6) is 1.54. The predicted octanol–water partition coefficient (Wildman–Crippen LogP) is 2.64. The maximum atomic E-state index is 11.7. The molecule has 4 nitrogen and oxygen atoms in total. The van der Waals surface area contributed by atoms with E-state index in [0.29, 0.717) is 12.3 Å². The third-order valence-corrected chi connectivity index (χ3v) is 3.10. The average molecular weight is 233 g/mol. The van der Waals surface area contributed by atoms with E-state index >= 15 is 0 Å². The van der Waals surface area contributed by atoms with Gasteiger partial charge in [0, 0.05) is 13.0 Å². The summed E-state index contributed by atoms with van der Waals surface area (Å²) in [5, 5.41) is 6.00. The summed E-state index contributed by atoms with van der Waals surface area (Å²) in [4.78, 5) is 15.9. The first kappa shape index (κ1) is 11.9. The van der Waals surface area contributed by atoms with Gasteiger partial charge in [0.15, 0.2) is 0 Å². The first-order valence-corrected chi connectivity index (χ1v) is 6.27. The van der Waals surface area contributed by atoms with E-state index in [1.807, 2.05) is 19.1 Å². The Morgan fingerprint density at radius 1 is 1.47 bits per heavy atom. The van der Waals surface area contributed by atoms with E-state index in [1.165, 1.54) is 19.3 Å². The number of carbonyl (C=O) groups excluding carboxylic acids is 1. The Morgan fingerprint density at radius 2 is 2.29 bits per heavy atom. The second-order valence-electron chi connectivity index (χ2n) is 4.51. The largest absolute Gasteiger partial charge is 0.370 e. The monoisotopic (exact) mass is 233 g/mol. The van der Waals surface area contributed by atoms with Gasteiger partial charge in [-0.2, -0.15) is 0 Å². The molecular formula is C13H19N3O. The van der Waals surface area contributed by atoms with Crippen LogP contribution in [0.5, 0.6) is 0 Å². The van der Waals surface area contributed by atoms with Crippen molar-refractivity contribution in [3.05, 3.63) is 18.3 Å². The molecule has 0 unspecified atom stereocenters. The molecule has 1 aliphatic carbocycles. The molecule has 92 valence electrons. The number of aromatic nitrogens is 1. The third kappa shape index (κ3) is 3.44. The number of rotatable bonds is 5. The molecule has 4 heteroatoms. The van der Waals surface area contributed by atoms with Gasteiger partial charge in [-0.05, 0) is 37.8 Å². The van der Waals surface area contributed by atoms with Gasteiger partial charge in [0.05, 0.1) is 11.9 Å². The lowest BCUT2D eigenvalue weighted by molar-refractivity contribution is -0.117. The molecule has 2 N–H and O–H groups in total. The van der Waals surface area contributed by atoms with Crippen molar-refractivity contribution in [2.24, 2.45) is 5.92 Å². The number of amides is 1. The molecule has 0 spiro atoms. The fraction of sp³-hybridized carbons (Fsp3) is 0.538. The van der Waals surface area contributed by atoms with Gasteiger partial charge in [-0.3, -0.25) is 4.79 Å². The fourth-order valence-corrected chi connectivity index (χ4v) is 1.92. The number of nitrogens with one attached hydrogen (secondary N) is 2. The number of pyridine rings is 1. The highest BCUT2D eigenvalue weighted by molar-refractivity contribution is 5.90. The highest BCUT2D eigenvalue weighted by atomic mass is 16.1. The predicted molar refractivity (Wildman–Crippen MR) is 69.0 cm³/mol. The van der Waals surface area contributed by atoms with E-state index in [1.54, 1.807) is 6.20 Å². The summed E-state index contributed by atoms with van der Waals surface area (Å²) in [6, 6.07) is 3.76. The van der Waals surface area contributed by atoms with Crippen molar-refractivity contribution in [1.29, 1.82) is 0 Å². The van der Waals surface area contributed by atoms with Crippen molar-refractivity contribution in [2.75, 3.05) is 17.2 Å². The number of nitrogens with zero attached hydrogens (tertiary/aromatic N) is 1. The van der Waals surface area contributed by atoms with Gasteiger partial charge in [-0.25, -0.2) is 4.98 Å². The zero-order valence-corrected chi connectivity index (χ0v) is 10.2. The van der Waals surface area contributed by atoms with Crippen LogP contribution >= 0.6 is 0 Å². The first-order chi connectivity index (χ1) is 8.28. The average Bonchev–Trinajstić information content (AvgIpc) is 2.27. The molecule has 0 saturated heterocycles. The minimum Gasteiger partial charge on any atom is -0.370 e. The van der Waals surface area contributed by atoms with Crippen LogP contribution in [0.15, 0.2) is 18.3 Å².